The van der Waals surface area contributed by atoms with Gasteiger partial charge in [-0.15, -0.1) is 0 Å². The molecule has 2 N–H and O–H groups in total. The van der Waals surface area contributed by atoms with Gasteiger partial charge in [0.15, 0.2) is 0 Å². The van der Waals surface area contributed by atoms with Crippen molar-refractivity contribution in [3.63, 3.8) is 0 Å². The van der Waals surface area contributed by atoms with Crippen LogP contribution in [0.5, 0.6) is 5.75 Å². The first-order valence-electron chi connectivity index (χ1n) is 7.51. The maximum absolute atomic E-state index is 12.3. The highest BCUT2D eigenvalue weighted by atomic mass is 16.5. The lowest BCUT2D eigenvalue weighted by molar-refractivity contribution is -0.122. The minimum atomic E-state index is -0.462. The minimum absolute atomic E-state index is 0.0771. The van der Waals surface area contributed by atoms with Crippen LogP contribution in [0.25, 0.3) is 0 Å². The van der Waals surface area contributed by atoms with Crippen LogP contribution in [-0.2, 0) is 15.0 Å². The van der Waals surface area contributed by atoms with E-state index in [0.717, 1.165) is 11.1 Å². The maximum atomic E-state index is 12.3. The summed E-state index contributed by atoms with van der Waals surface area (Å²) in [5.74, 6) is 0.400. The van der Waals surface area contributed by atoms with Gasteiger partial charge in [0.2, 0.25) is 11.8 Å². The van der Waals surface area contributed by atoms with Crippen LogP contribution >= 0.6 is 0 Å². The Hall–Kier alpha value is -2.04. The number of benzene rings is 1. The molecule has 2 amide bonds. The van der Waals surface area contributed by atoms with Crippen LogP contribution in [-0.4, -0.2) is 25.0 Å². The van der Waals surface area contributed by atoms with Gasteiger partial charge in [-0.25, -0.2) is 0 Å². The van der Waals surface area contributed by atoms with Crippen molar-refractivity contribution < 1.29 is 14.3 Å². The quantitative estimate of drug-likeness (QED) is 0.901. The molecular formula is C17H24N2O3. The zero-order valence-electron chi connectivity index (χ0n) is 13.9. The molecule has 5 heteroatoms. The smallest absolute Gasteiger partial charge is 0.247 e. The summed E-state index contributed by atoms with van der Waals surface area (Å²) in [6, 6.07) is 3.50. The minimum Gasteiger partial charge on any atom is -0.494 e. The number of carbonyl (C=O) groups excluding carboxylic acids is 2. The predicted molar refractivity (Wildman–Crippen MR) is 86.2 cm³/mol. The molecule has 1 aromatic rings. The summed E-state index contributed by atoms with van der Waals surface area (Å²) < 4.78 is 5.54. The van der Waals surface area contributed by atoms with E-state index in [4.69, 9.17) is 4.74 Å². The van der Waals surface area contributed by atoms with E-state index in [0.29, 0.717) is 24.3 Å². The fourth-order valence-corrected chi connectivity index (χ4v) is 2.67. The number of anilines is 1. The molecule has 1 aliphatic rings. The van der Waals surface area contributed by atoms with Crippen molar-refractivity contribution in [2.75, 3.05) is 12.4 Å². The lowest BCUT2D eigenvalue weighted by Crippen LogP contribution is -2.37. The van der Waals surface area contributed by atoms with E-state index in [9.17, 15) is 9.59 Å². The van der Waals surface area contributed by atoms with Gasteiger partial charge in [-0.2, -0.15) is 0 Å². The molecule has 1 aliphatic heterocycles. The van der Waals surface area contributed by atoms with Crippen LogP contribution in [0.15, 0.2) is 12.1 Å². The lowest BCUT2D eigenvalue weighted by atomic mass is 9.85. The van der Waals surface area contributed by atoms with Crippen molar-refractivity contribution in [1.29, 1.82) is 0 Å². The van der Waals surface area contributed by atoms with E-state index in [2.05, 4.69) is 37.5 Å². The number of hydrogen-bond donors (Lipinski definition) is 2. The Morgan fingerprint density at radius 2 is 2.05 bits per heavy atom. The van der Waals surface area contributed by atoms with Gasteiger partial charge in [-0.3, -0.25) is 9.59 Å². The first-order chi connectivity index (χ1) is 10.2. The van der Waals surface area contributed by atoms with E-state index >= 15 is 0 Å². The molecule has 1 saturated heterocycles. The number of nitrogens with one attached hydrogen (secondary N) is 2. The van der Waals surface area contributed by atoms with Crippen LogP contribution in [0.2, 0.25) is 0 Å². The average molecular weight is 304 g/mol. The van der Waals surface area contributed by atoms with Gasteiger partial charge in [-0.1, -0.05) is 26.8 Å². The number of aryl methyl sites for hydroxylation is 1. The van der Waals surface area contributed by atoms with Crippen molar-refractivity contribution in [3.8, 4) is 5.75 Å². The Balaban J connectivity index is 2.32. The maximum Gasteiger partial charge on any atom is 0.247 e. The van der Waals surface area contributed by atoms with E-state index in [1.807, 2.05) is 13.0 Å². The molecular weight excluding hydrogens is 280 g/mol. The monoisotopic (exact) mass is 304 g/mol. The molecule has 1 heterocycles. The zero-order chi connectivity index (χ0) is 16.5. The van der Waals surface area contributed by atoms with E-state index < -0.39 is 6.04 Å². The zero-order valence-corrected chi connectivity index (χ0v) is 13.9. The molecule has 1 aromatic carbocycles. The number of amides is 2. The first-order valence-corrected chi connectivity index (χ1v) is 7.51. The Morgan fingerprint density at radius 3 is 2.55 bits per heavy atom. The third kappa shape index (κ3) is 3.40. The van der Waals surface area contributed by atoms with Crippen LogP contribution in [0.3, 0.4) is 0 Å². The fraction of sp³-hybridized carbons (Fsp3) is 0.529. The third-order valence-electron chi connectivity index (χ3n) is 3.82. The summed E-state index contributed by atoms with van der Waals surface area (Å²) in [6.45, 7) is 8.30. The van der Waals surface area contributed by atoms with E-state index in [1.54, 1.807) is 7.11 Å². The van der Waals surface area contributed by atoms with Crippen LogP contribution in [0, 0.1) is 6.92 Å². The molecule has 0 aliphatic carbocycles. The summed E-state index contributed by atoms with van der Waals surface area (Å²) in [5.41, 5.74) is 2.65. The van der Waals surface area contributed by atoms with Crippen molar-refractivity contribution in [2.45, 2.75) is 52.0 Å². The van der Waals surface area contributed by atoms with Crippen LogP contribution < -0.4 is 15.4 Å². The summed E-state index contributed by atoms with van der Waals surface area (Å²) in [7, 11) is 1.60. The van der Waals surface area contributed by atoms with Gasteiger partial charge < -0.3 is 15.4 Å². The molecule has 1 fully saturated rings. The summed E-state index contributed by atoms with van der Waals surface area (Å²) in [4.78, 5) is 23.6. The van der Waals surface area contributed by atoms with Gasteiger partial charge >= 0.3 is 0 Å². The highest BCUT2D eigenvalue weighted by molar-refractivity contribution is 6.00. The Labute approximate surface area is 131 Å². The number of methoxy groups -OCH3 is 1. The highest BCUT2D eigenvalue weighted by Crippen LogP contribution is 2.38. The highest BCUT2D eigenvalue weighted by Gasteiger charge is 2.29. The number of rotatable bonds is 3. The van der Waals surface area contributed by atoms with Gasteiger partial charge in [0.1, 0.15) is 11.8 Å². The number of carbonyl (C=O) groups is 2. The molecule has 120 valence electrons. The lowest BCUT2D eigenvalue weighted by Gasteiger charge is -2.25. The molecule has 1 atom stereocenters. The molecule has 0 radical (unpaired) electrons. The molecule has 0 spiro atoms. The van der Waals surface area contributed by atoms with Crippen molar-refractivity contribution in [3.05, 3.63) is 23.3 Å². The van der Waals surface area contributed by atoms with Gasteiger partial charge in [0, 0.05) is 12.0 Å². The van der Waals surface area contributed by atoms with E-state index in [1.165, 1.54) is 0 Å². The second kappa shape index (κ2) is 5.99. The van der Waals surface area contributed by atoms with Crippen molar-refractivity contribution in [2.24, 2.45) is 0 Å². The average Bonchev–Trinajstić information content (AvgIpc) is 2.84. The number of ether oxygens (including phenoxy) is 1. The number of hydrogen-bond acceptors (Lipinski definition) is 3. The molecule has 1 unspecified atom stereocenters. The van der Waals surface area contributed by atoms with Gasteiger partial charge in [-0.05, 0) is 30.4 Å². The molecule has 5 nitrogen and oxygen atoms in total. The van der Waals surface area contributed by atoms with E-state index in [-0.39, 0.29) is 17.2 Å². The summed E-state index contributed by atoms with van der Waals surface area (Å²) in [5, 5.41) is 5.58. The summed E-state index contributed by atoms with van der Waals surface area (Å²) >= 11 is 0. The molecule has 22 heavy (non-hydrogen) atoms. The topological polar surface area (TPSA) is 67.4 Å². The Kier molecular flexibility index (Phi) is 4.44. The third-order valence-corrected chi connectivity index (χ3v) is 3.82. The molecule has 0 bridgehead atoms. The largest absolute Gasteiger partial charge is 0.494 e. The SMILES string of the molecule is COc1c(NC(=O)C2CCC(=O)N2)cc(C)cc1C(C)(C)C. The second-order valence-electron chi connectivity index (χ2n) is 6.79. The standard InChI is InChI=1S/C17H24N2O3/c1-10-8-11(17(2,3)4)15(22-5)13(9-10)19-16(21)12-6-7-14(20)18-12/h8-9,12H,6-7H2,1-5H3,(H,18,20)(H,19,21). The Morgan fingerprint density at radius 1 is 1.36 bits per heavy atom. The molecule has 0 aromatic heterocycles. The fourth-order valence-electron chi connectivity index (χ4n) is 2.67. The van der Waals surface area contributed by atoms with Crippen LogP contribution in [0.1, 0.15) is 44.7 Å². The van der Waals surface area contributed by atoms with Crippen LogP contribution in [0.4, 0.5) is 5.69 Å². The van der Waals surface area contributed by atoms with Gasteiger partial charge in [0.05, 0.1) is 12.8 Å². The van der Waals surface area contributed by atoms with Gasteiger partial charge in [0.25, 0.3) is 0 Å². The predicted octanol–water partition coefficient (Wildman–Crippen LogP) is 2.52. The normalized spacial score (nSPS) is 18.0. The second-order valence-corrected chi connectivity index (χ2v) is 6.79. The molecule has 0 saturated carbocycles. The Bertz CT molecular complexity index is 603. The summed E-state index contributed by atoms with van der Waals surface area (Å²) in [6.07, 6.45) is 0.932. The van der Waals surface area contributed by atoms with Crippen molar-refractivity contribution >= 4 is 17.5 Å². The molecule has 2 rings (SSSR count). The van der Waals surface area contributed by atoms with Crippen molar-refractivity contribution in [1.82, 2.24) is 5.32 Å². The first kappa shape index (κ1) is 16.3.